The van der Waals surface area contributed by atoms with Crippen LogP contribution in [0.1, 0.15) is 27.1 Å². The maximum Gasteiger partial charge on any atom is 0.240 e. The zero-order valence-corrected chi connectivity index (χ0v) is 19.9. The van der Waals surface area contributed by atoms with E-state index in [1.165, 1.54) is 22.2 Å². The van der Waals surface area contributed by atoms with E-state index in [1.54, 1.807) is 30.3 Å². The van der Waals surface area contributed by atoms with Crippen molar-refractivity contribution in [3.8, 4) is 0 Å². The zero-order chi connectivity index (χ0) is 22.3. The van der Waals surface area contributed by atoms with E-state index < -0.39 is 0 Å². The van der Waals surface area contributed by atoms with E-state index >= 15 is 0 Å². The van der Waals surface area contributed by atoms with E-state index in [2.05, 4.69) is 56.5 Å². The Kier molecular flexibility index (Phi) is 7.39. The summed E-state index contributed by atoms with van der Waals surface area (Å²) in [6.45, 7) is 0.762. The van der Waals surface area contributed by atoms with Gasteiger partial charge in [0.2, 0.25) is 5.91 Å². The highest BCUT2D eigenvalue weighted by molar-refractivity contribution is 8.00. The molecule has 2 heterocycles. The molecular weight excluding hydrogens is 436 g/mol. The minimum atomic E-state index is -0.375. The SMILES string of the molecule is CN(C)C(=O)C(Sc1nnc(Cc2cccs2)n1CCc1ccccc1)c1ccccc1. The van der Waals surface area contributed by atoms with Crippen LogP contribution >= 0.6 is 23.1 Å². The summed E-state index contributed by atoms with van der Waals surface area (Å²) in [6.07, 6.45) is 1.61. The van der Waals surface area contributed by atoms with E-state index in [4.69, 9.17) is 0 Å². The van der Waals surface area contributed by atoms with Gasteiger partial charge in [0.1, 0.15) is 11.1 Å². The van der Waals surface area contributed by atoms with E-state index in [0.29, 0.717) is 0 Å². The van der Waals surface area contributed by atoms with Gasteiger partial charge in [-0.15, -0.1) is 21.5 Å². The van der Waals surface area contributed by atoms with Crippen molar-refractivity contribution in [1.29, 1.82) is 0 Å². The highest BCUT2D eigenvalue weighted by Crippen LogP contribution is 2.36. The Bertz CT molecular complexity index is 1130. The quantitative estimate of drug-likeness (QED) is 0.325. The van der Waals surface area contributed by atoms with Crippen LogP contribution in [0.2, 0.25) is 0 Å². The fraction of sp³-hybridized carbons (Fsp3) is 0.240. The monoisotopic (exact) mass is 462 g/mol. The molecule has 0 saturated heterocycles. The third-order valence-electron chi connectivity index (χ3n) is 5.16. The Morgan fingerprint density at radius 3 is 2.38 bits per heavy atom. The van der Waals surface area contributed by atoms with Crippen LogP contribution in [-0.4, -0.2) is 39.7 Å². The molecule has 2 aromatic heterocycles. The van der Waals surface area contributed by atoms with Gasteiger partial charge in [0, 0.05) is 31.9 Å². The van der Waals surface area contributed by atoms with Gasteiger partial charge in [0.25, 0.3) is 0 Å². The molecule has 0 radical (unpaired) electrons. The third kappa shape index (κ3) is 5.47. The molecule has 0 aliphatic heterocycles. The van der Waals surface area contributed by atoms with Crippen molar-refractivity contribution >= 4 is 29.0 Å². The maximum absolute atomic E-state index is 13.1. The van der Waals surface area contributed by atoms with Gasteiger partial charge in [0.15, 0.2) is 5.16 Å². The second-order valence-corrected chi connectivity index (χ2v) is 9.79. The van der Waals surface area contributed by atoms with Crippen LogP contribution in [-0.2, 0) is 24.2 Å². The van der Waals surface area contributed by atoms with E-state index in [1.807, 2.05) is 36.4 Å². The number of carbonyl (C=O) groups excluding carboxylic acids is 1. The maximum atomic E-state index is 13.1. The Labute approximate surface area is 197 Å². The van der Waals surface area contributed by atoms with Crippen molar-refractivity contribution in [2.24, 2.45) is 0 Å². The largest absolute Gasteiger partial charge is 0.348 e. The smallest absolute Gasteiger partial charge is 0.240 e. The number of aryl methyl sites for hydroxylation is 1. The number of thioether (sulfide) groups is 1. The summed E-state index contributed by atoms with van der Waals surface area (Å²) in [5.41, 5.74) is 2.23. The van der Waals surface area contributed by atoms with Crippen LogP contribution < -0.4 is 0 Å². The molecule has 0 fully saturated rings. The Morgan fingerprint density at radius 2 is 1.72 bits per heavy atom. The molecule has 1 unspecified atom stereocenters. The van der Waals surface area contributed by atoms with Gasteiger partial charge in [-0.2, -0.15) is 0 Å². The lowest BCUT2D eigenvalue weighted by molar-refractivity contribution is -0.128. The number of aromatic nitrogens is 3. The fourth-order valence-electron chi connectivity index (χ4n) is 3.44. The van der Waals surface area contributed by atoms with Gasteiger partial charge in [-0.05, 0) is 29.0 Å². The molecule has 1 atom stereocenters. The molecule has 32 heavy (non-hydrogen) atoms. The molecule has 1 amide bonds. The summed E-state index contributed by atoms with van der Waals surface area (Å²) in [7, 11) is 3.59. The number of carbonyl (C=O) groups is 1. The van der Waals surface area contributed by atoms with E-state index in [-0.39, 0.29) is 11.2 Å². The van der Waals surface area contributed by atoms with Crippen molar-refractivity contribution in [2.45, 2.75) is 29.8 Å². The fourth-order valence-corrected chi connectivity index (χ4v) is 5.37. The van der Waals surface area contributed by atoms with Crippen molar-refractivity contribution < 1.29 is 4.79 Å². The molecule has 4 aromatic rings. The number of hydrogen-bond acceptors (Lipinski definition) is 5. The summed E-state index contributed by atoms with van der Waals surface area (Å²) >= 11 is 3.20. The van der Waals surface area contributed by atoms with Crippen molar-refractivity contribution in [2.75, 3.05) is 14.1 Å². The normalized spacial score (nSPS) is 11.9. The molecule has 0 spiro atoms. The lowest BCUT2D eigenvalue weighted by Crippen LogP contribution is -2.27. The van der Waals surface area contributed by atoms with Gasteiger partial charge in [-0.25, -0.2) is 0 Å². The van der Waals surface area contributed by atoms with Crippen LogP contribution in [0.25, 0.3) is 0 Å². The average molecular weight is 463 g/mol. The van der Waals surface area contributed by atoms with E-state index in [9.17, 15) is 4.79 Å². The average Bonchev–Trinajstić information content (AvgIpc) is 3.47. The van der Waals surface area contributed by atoms with Crippen LogP contribution in [0.5, 0.6) is 0 Å². The minimum Gasteiger partial charge on any atom is -0.348 e. The van der Waals surface area contributed by atoms with Crippen LogP contribution in [0.15, 0.2) is 83.3 Å². The number of thiophene rings is 1. The molecule has 2 aromatic carbocycles. The van der Waals surface area contributed by atoms with Crippen molar-refractivity contribution in [3.63, 3.8) is 0 Å². The van der Waals surface area contributed by atoms with Gasteiger partial charge in [-0.1, -0.05) is 78.5 Å². The highest BCUT2D eigenvalue weighted by Gasteiger charge is 2.27. The summed E-state index contributed by atoms with van der Waals surface area (Å²) in [6, 6.07) is 24.5. The molecular formula is C25H26N4OS2. The minimum absolute atomic E-state index is 0.0404. The number of nitrogens with zero attached hydrogens (tertiary/aromatic N) is 4. The van der Waals surface area contributed by atoms with Crippen LogP contribution in [0.3, 0.4) is 0 Å². The zero-order valence-electron chi connectivity index (χ0n) is 18.2. The molecule has 4 rings (SSSR count). The first-order valence-electron chi connectivity index (χ1n) is 10.5. The summed E-state index contributed by atoms with van der Waals surface area (Å²) in [5.74, 6) is 0.966. The standard InChI is InChI=1S/C25H26N4OS2/c1-28(2)24(30)23(20-12-7-4-8-13-20)32-25-27-26-22(18-21-14-9-17-31-21)29(25)16-15-19-10-5-3-6-11-19/h3-14,17,23H,15-16,18H2,1-2H3. The third-order valence-corrected chi connectivity index (χ3v) is 7.26. The van der Waals surface area contributed by atoms with Crippen LogP contribution in [0.4, 0.5) is 0 Å². The molecule has 7 heteroatoms. The second kappa shape index (κ2) is 10.6. The van der Waals surface area contributed by atoms with Crippen LogP contribution in [0, 0.1) is 0 Å². The number of amides is 1. The van der Waals surface area contributed by atoms with Gasteiger partial charge in [-0.3, -0.25) is 4.79 Å². The molecule has 0 aliphatic carbocycles. The van der Waals surface area contributed by atoms with E-state index in [0.717, 1.165) is 35.9 Å². The molecule has 0 aliphatic rings. The number of hydrogen-bond donors (Lipinski definition) is 0. The second-order valence-electron chi connectivity index (χ2n) is 7.68. The number of rotatable bonds is 9. The topological polar surface area (TPSA) is 51.0 Å². The first kappa shape index (κ1) is 22.3. The lowest BCUT2D eigenvalue weighted by Gasteiger charge is -2.20. The lowest BCUT2D eigenvalue weighted by atomic mass is 10.1. The first-order chi connectivity index (χ1) is 15.6. The van der Waals surface area contributed by atoms with Gasteiger partial charge in [0.05, 0.1) is 0 Å². The predicted octanol–water partition coefficient (Wildman–Crippen LogP) is 5.09. The first-order valence-corrected chi connectivity index (χ1v) is 12.3. The van der Waals surface area contributed by atoms with Gasteiger partial charge >= 0.3 is 0 Å². The Hall–Kier alpha value is -2.90. The molecule has 0 bridgehead atoms. The molecule has 164 valence electrons. The van der Waals surface area contributed by atoms with Crippen molar-refractivity contribution in [1.82, 2.24) is 19.7 Å². The number of likely N-dealkylation sites (N-methyl/N-ethyl adjacent to an activating group) is 1. The molecule has 0 saturated carbocycles. The van der Waals surface area contributed by atoms with Crippen molar-refractivity contribution in [3.05, 3.63) is 100 Å². The summed E-state index contributed by atoms with van der Waals surface area (Å²) in [5, 5.41) is 11.5. The number of benzene rings is 2. The molecule has 5 nitrogen and oxygen atoms in total. The highest BCUT2D eigenvalue weighted by atomic mass is 32.2. The summed E-state index contributed by atoms with van der Waals surface area (Å²) < 4.78 is 2.18. The Balaban J connectivity index is 1.65. The summed E-state index contributed by atoms with van der Waals surface area (Å²) in [4.78, 5) is 15.9. The predicted molar refractivity (Wildman–Crippen MR) is 131 cm³/mol. The molecule has 0 N–H and O–H groups in total. The Morgan fingerprint density at radius 1 is 1.00 bits per heavy atom. The van der Waals surface area contributed by atoms with Gasteiger partial charge < -0.3 is 9.47 Å².